The molecule has 0 N–H and O–H groups in total. The van der Waals surface area contributed by atoms with E-state index in [1.807, 2.05) is 24.3 Å². The zero-order chi connectivity index (χ0) is 44.4. The summed E-state index contributed by atoms with van der Waals surface area (Å²) < 4.78 is 16.7. The molecule has 0 heterocycles. The van der Waals surface area contributed by atoms with Crippen molar-refractivity contribution in [3.63, 3.8) is 0 Å². The van der Waals surface area contributed by atoms with Gasteiger partial charge in [0.25, 0.3) is 0 Å². The van der Waals surface area contributed by atoms with Crippen LogP contribution in [0.3, 0.4) is 0 Å². The van der Waals surface area contributed by atoms with E-state index in [0.717, 1.165) is 148 Å². The predicted octanol–water partition coefficient (Wildman–Crippen LogP) is 16.0. The molecule has 0 radical (unpaired) electrons. The first-order valence-electron chi connectivity index (χ1n) is 24.4. The van der Waals surface area contributed by atoms with E-state index in [-0.39, 0.29) is 31.1 Å². The molecule has 0 aliphatic heterocycles. The molecule has 0 rings (SSSR count). The second-order valence-corrected chi connectivity index (χ2v) is 15.7. The molecular weight excluding hydrogens is 757 g/mol. The van der Waals surface area contributed by atoms with Gasteiger partial charge in [0.15, 0.2) is 6.10 Å². The van der Waals surface area contributed by atoms with E-state index in [9.17, 15) is 14.4 Å². The molecule has 0 fully saturated rings. The molecule has 1 atom stereocenters. The van der Waals surface area contributed by atoms with Crippen LogP contribution in [0.1, 0.15) is 201 Å². The van der Waals surface area contributed by atoms with Crippen molar-refractivity contribution in [2.75, 3.05) is 13.2 Å². The van der Waals surface area contributed by atoms with Crippen molar-refractivity contribution in [3.8, 4) is 0 Å². The van der Waals surface area contributed by atoms with Gasteiger partial charge >= 0.3 is 17.9 Å². The topological polar surface area (TPSA) is 78.9 Å². The Morgan fingerprint density at radius 2 is 0.672 bits per heavy atom. The Bertz CT molecular complexity index is 1290. The lowest BCUT2D eigenvalue weighted by Crippen LogP contribution is -2.30. The van der Waals surface area contributed by atoms with Crippen molar-refractivity contribution in [1.82, 2.24) is 0 Å². The number of rotatable bonds is 42. The van der Waals surface area contributed by atoms with Crippen LogP contribution in [0.2, 0.25) is 0 Å². The lowest BCUT2D eigenvalue weighted by atomic mass is 10.1. The minimum absolute atomic E-state index is 0.102. The fourth-order valence-corrected chi connectivity index (χ4v) is 6.27. The van der Waals surface area contributed by atoms with Crippen LogP contribution in [0, 0.1) is 0 Å². The maximum atomic E-state index is 12.8. The largest absolute Gasteiger partial charge is 0.462 e. The summed E-state index contributed by atoms with van der Waals surface area (Å²) >= 11 is 0. The predicted molar refractivity (Wildman–Crippen MR) is 260 cm³/mol. The van der Waals surface area contributed by atoms with Gasteiger partial charge in [-0.2, -0.15) is 0 Å². The molecule has 1 unspecified atom stereocenters. The van der Waals surface area contributed by atoms with Gasteiger partial charge in [-0.25, -0.2) is 0 Å². The molecule has 344 valence electrons. The van der Waals surface area contributed by atoms with Crippen molar-refractivity contribution >= 4 is 17.9 Å². The monoisotopic (exact) mass is 845 g/mol. The van der Waals surface area contributed by atoms with Crippen LogP contribution in [0.5, 0.6) is 0 Å². The van der Waals surface area contributed by atoms with Gasteiger partial charge < -0.3 is 14.2 Å². The quantitative estimate of drug-likeness (QED) is 0.0200. The third-order valence-corrected chi connectivity index (χ3v) is 9.85. The molecule has 0 spiro atoms. The van der Waals surface area contributed by atoms with Gasteiger partial charge in [0.05, 0.1) is 0 Å². The van der Waals surface area contributed by atoms with Crippen LogP contribution in [-0.4, -0.2) is 37.2 Å². The van der Waals surface area contributed by atoms with Crippen molar-refractivity contribution < 1.29 is 28.6 Å². The minimum atomic E-state index is -0.803. The Labute approximate surface area is 374 Å². The van der Waals surface area contributed by atoms with E-state index in [2.05, 4.69) is 106 Å². The molecule has 0 saturated carbocycles. The molecule has 0 bridgehead atoms. The summed E-state index contributed by atoms with van der Waals surface area (Å²) in [5.74, 6) is -0.961. The molecule has 0 aromatic carbocycles. The average molecular weight is 845 g/mol. The third kappa shape index (κ3) is 47.0. The summed E-state index contributed by atoms with van der Waals surface area (Å²) in [7, 11) is 0. The Morgan fingerprint density at radius 3 is 1.11 bits per heavy atom. The highest BCUT2D eigenvalue weighted by Crippen LogP contribution is 2.13. The molecule has 0 saturated heterocycles. The van der Waals surface area contributed by atoms with Crippen LogP contribution in [0.25, 0.3) is 0 Å². The Morgan fingerprint density at radius 1 is 0.344 bits per heavy atom. The Balaban J connectivity index is 4.48. The number of esters is 3. The third-order valence-electron chi connectivity index (χ3n) is 9.85. The van der Waals surface area contributed by atoms with Gasteiger partial charge in [-0.05, 0) is 96.3 Å². The van der Waals surface area contributed by atoms with Crippen LogP contribution in [-0.2, 0) is 28.6 Å². The van der Waals surface area contributed by atoms with Gasteiger partial charge in [0.2, 0.25) is 0 Å². The number of hydrogen-bond donors (Lipinski definition) is 0. The Hall–Kier alpha value is -3.93. The number of hydrogen-bond acceptors (Lipinski definition) is 6. The van der Waals surface area contributed by atoms with Crippen LogP contribution in [0.15, 0.2) is 109 Å². The number of carbonyl (C=O) groups excluding carboxylic acids is 3. The van der Waals surface area contributed by atoms with Gasteiger partial charge in [0, 0.05) is 19.3 Å². The highest BCUT2D eigenvalue weighted by molar-refractivity contribution is 5.71. The van der Waals surface area contributed by atoms with Crippen LogP contribution < -0.4 is 0 Å². The second kappa shape index (κ2) is 48.7. The highest BCUT2D eigenvalue weighted by atomic mass is 16.6. The van der Waals surface area contributed by atoms with Gasteiger partial charge in [-0.1, -0.05) is 194 Å². The van der Waals surface area contributed by atoms with E-state index in [1.165, 1.54) is 12.8 Å². The molecule has 0 aliphatic rings. The van der Waals surface area contributed by atoms with E-state index in [1.54, 1.807) is 0 Å². The number of carbonyl (C=O) groups is 3. The molecular formula is C55H88O6. The van der Waals surface area contributed by atoms with Crippen LogP contribution in [0.4, 0.5) is 0 Å². The zero-order valence-electron chi connectivity index (χ0n) is 39.1. The first kappa shape index (κ1) is 57.1. The smallest absolute Gasteiger partial charge is 0.306 e. The number of allylic oxidation sites excluding steroid dienone is 18. The molecule has 0 aromatic rings. The summed E-state index contributed by atoms with van der Waals surface area (Å²) in [6, 6.07) is 0. The molecule has 0 aromatic heterocycles. The maximum Gasteiger partial charge on any atom is 0.306 e. The SMILES string of the molecule is CC\C=C/C=C\C=C/C=C\CCCCCCCC(=O)OC(COC(=O)CCCCCCC/C=C\C/C=C\CC)COC(=O)CCCCCCCC/C=C\C/C=C\C/C=C\CC. The summed E-state index contributed by atoms with van der Waals surface area (Å²) in [5.41, 5.74) is 0. The zero-order valence-corrected chi connectivity index (χ0v) is 39.1. The van der Waals surface area contributed by atoms with Crippen molar-refractivity contribution in [2.24, 2.45) is 0 Å². The minimum Gasteiger partial charge on any atom is -0.462 e. The lowest BCUT2D eigenvalue weighted by Gasteiger charge is -2.18. The fourth-order valence-electron chi connectivity index (χ4n) is 6.27. The molecule has 0 aliphatic carbocycles. The van der Waals surface area contributed by atoms with Gasteiger partial charge in [0.1, 0.15) is 13.2 Å². The number of ether oxygens (including phenoxy) is 3. The van der Waals surface area contributed by atoms with Gasteiger partial charge in [-0.3, -0.25) is 14.4 Å². The molecule has 61 heavy (non-hydrogen) atoms. The normalized spacial score (nSPS) is 13.0. The number of unbranched alkanes of at least 4 members (excludes halogenated alkanes) is 16. The van der Waals surface area contributed by atoms with Crippen molar-refractivity contribution in [2.45, 2.75) is 207 Å². The summed E-state index contributed by atoms with van der Waals surface area (Å²) in [4.78, 5) is 37.9. The average Bonchev–Trinajstić information content (AvgIpc) is 3.26. The highest BCUT2D eigenvalue weighted by Gasteiger charge is 2.19. The summed E-state index contributed by atoms with van der Waals surface area (Å²) in [5, 5.41) is 0. The van der Waals surface area contributed by atoms with E-state index >= 15 is 0 Å². The van der Waals surface area contributed by atoms with E-state index < -0.39 is 6.10 Å². The van der Waals surface area contributed by atoms with Gasteiger partial charge in [-0.15, -0.1) is 0 Å². The first-order chi connectivity index (χ1) is 30.0. The Kier molecular flexibility index (Phi) is 45.6. The standard InChI is InChI=1S/C55H88O6/c1-4-7-10-13-16-19-22-25-27-29-30-33-36-39-42-45-48-54(57)60-51-52(50-59-53(56)47-44-41-38-35-32-24-21-18-15-12-9-6-3)61-55(58)49-46-43-40-37-34-31-28-26-23-20-17-14-11-8-5-2/h7-12,14,16-21,23,25-28,52H,4-6,13,15,22,24,29-51H2,1-3H3/b10-7-,11-8-,12-9-,17-14-,19-16-,21-18-,23-20-,27-25-,28-26-. The molecule has 6 nitrogen and oxygen atoms in total. The summed E-state index contributed by atoms with van der Waals surface area (Å²) in [6.45, 7) is 6.21. The second-order valence-electron chi connectivity index (χ2n) is 15.7. The first-order valence-corrected chi connectivity index (χ1v) is 24.4. The van der Waals surface area contributed by atoms with E-state index in [0.29, 0.717) is 19.3 Å². The van der Waals surface area contributed by atoms with Crippen LogP contribution >= 0.6 is 0 Å². The maximum absolute atomic E-state index is 12.8. The fraction of sp³-hybridized carbons (Fsp3) is 0.618. The molecule has 0 amide bonds. The van der Waals surface area contributed by atoms with E-state index in [4.69, 9.17) is 14.2 Å². The van der Waals surface area contributed by atoms with Crippen molar-refractivity contribution in [1.29, 1.82) is 0 Å². The summed E-state index contributed by atoms with van der Waals surface area (Å²) in [6.07, 6.45) is 65.0. The van der Waals surface area contributed by atoms with Crippen molar-refractivity contribution in [3.05, 3.63) is 109 Å². The lowest BCUT2D eigenvalue weighted by molar-refractivity contribution is -0.167. The molecule has 6 heteroatoms.